The van der Waals surface area contributed by atoms with Crippen molar-refractivity contribution < 1.29 is 0 Å². The number of hydrazone groups is 1. The number of nitrogens with one attached hydrogen (secondary N) is 1. The molecule has 4 nitrogen and oxygen atoms in total. The van der Waals surface area contributed by atoms with Gasteiger partial charge in [0, 0.05) is 17.3 Å². The van der Waals surface area contributed by atoms with Crippen LogP contribution in [-0.2, 0) is 0 Å². The van der Waals surface area contributed by atoms with Gasteiger partial charge in [0.1, 0.15) is 0 Å². The maximum Gasteiger partial charge on any atom is 0.0983 e. The molecule has 2 aromatic carbocycles. The third kappa shape index (κ3) is 4.10. The maximum absolute atomic E-state index is 4.64. The average Bonchev–Trinajstić information content (AvgIpc) is 2.90. The lowest BCUT2D eigenvalue weighted by Gasteiger charge is -2.11. The first kappa shape index (κ1) is 16.8. The van der Waals surface area contributed by atoms with Crippen LogP contribution in [0.4, 0.5) is 11.4 Å². The van der Waals surface area contributed by atoms with E-state index in [9.17, 15) is 0 Å². The molecule has 3 rings (SSSR count). The summed E-state index contributed by atoms with van der Waals surface area (Å²) in [7, 11) is 0. The SMILES string of the molecule is S=C=Nc1ccc(C2=CC=CNN=C2c2ccc(N=C=S)cc2)cc1. The van der Waals surface area contributed by atoms with Crippen LogP contribution in [0, 0.1) is 0 Å². The minimum absolute atomic E-state index is 0.756. The van der Waals surface area contributed by atoms with Crippen LogP contribution >= 0.6 is 24.4 Å². The van der Waals surface area contributed by atoms with E-state index in [0.29, 0.717) is 0 Å². The molecule has 1 N–H and O–H groups in total. The van der Waals surface area contributed by atoms with Gasteiger partial charge in [-0.3, -0.25) is 5.43 Å². The Morgan fingerprint density at radius 2 is 1.36 bits per heavy atom. The summed E-state index contributed by atoms with van der Waals surface area (Å²) >= 11 is 9.27. The highest BCUT2D eigenvalue weighted by molar-refractivity contribution is 7.78. The summed E-state index contributed by atoms with van der Waals surface area (Å²) in [5.41, 5.74) is 8.26. The molecule has 6 heteroatoms. The summed E-state index contributed by atoms with van der Waals surface area (Å²) in [6, 6.07) is 15.4. The first-order valence-electron chi connectivity index (χ1n) is 7.39. The fourth-order valence-electron chi connectivity index (χ4n) is 2.40. The van der Waals surface area contributed by atoms with Gasteiger partial charge in [-0.15, -0.1) is 0 Å². The maximum atomic E-state index is 4.64. The van der Waals surface area contributed by atoms with Crippen LogP contribution in [0.5, 0.6) is 0 Å². The van der Waals surface area contributed by atoms with Crippen LogP contribution in [0.15, 0.2) is 82.0 Å². The summed E-state index contributed by atoms with van der Waals surface area (Å²) in [6.45, 7) is 0. The van der Waals surface area contributed by atoms with E-state index in [0.717, 1.165) is 33.8 Å². The summed E-state index contributed by atoms with van der Waals surface area (Å²) in [4.78, 5) is 7.95. The van der Waals surface area contributed by atoms with Crippen molar-refractivity contribution >= 4 is 57.4 Å². The quantitative estimate of drug-likeness (QED) is 0.612. The van der Waals surface area contributed by atoms with Crippen LogP contribution < -0.4 is 5.43 Å². The minimum Gasteiger partial charge on any atom is -0.285 e. The van der Waals surface area contributed by atoms with Gasteiger partial charge >= 0.3 is 0 Å². The highest BCUT2D eigenvalue weighted by atomic mass is 32.1. The normalized spacial score (nSPS) is 12.6. The second-order valence-corrected chi connectivity index (χ2v) is 5.39. The molecule has 0 amide bonds. The van der Waals surface area contributed by atoms with E-state index in [-0.39, 0.29) is 0 Å². The van der Waals surface area contributed by atoms with E-state index in [1.54, 1.807) is 6.20 Å². The molecule has 0 unspecified atom stereocenters. The molecular weight excluding hydrogens is 348 g/mol. The number of hydrogen-bond acceptors (Lipinski definition) is 6. The number of benzene rings is 2. The lowest BCUT2D eigenvalue weighted by Crippen LogP contribution is -2.08. The fourth-order valence-corrected chi connectivity index (χ4v) is 2.61. The predicted octanol–water partition coefficient (Wildman–Crippen LogP) is 5.06. The number of allylic oxidation sites excluding steroid dienone is 3. The first-order valence-corrected chi connectivity index (χ1v) is 8.20. The molecule has 0 bridgehead atoms. The number of nitrogens with zero attached hydrogens (tertiary/aromatic N) is 3. The zero-order valence-corrected chi connectivity index (χ0v) is 14.6. The van der Waals surface area contributed by atoms with Crippen LogP contribution in [0.3, 0.4) is 0 Å². The van der Waals surface area contributed by atoms with Gasteiger partial charge in [0.25, 0.3) is 0 Å². The molecule has 25 heavy (non-hydrogen) atoms. The molecule has 0 fully saturated rings. The minimum atomic E-state index is 0.756. The third-order valence-corrected chi connectivity index (χ3v) is 3.72. The van der Waals surface area contributed by atoms with Crippen molar-refractivity contribution in [1.29, 1.82) is 0 Å². The van der Waals surface area contributed by atoms with Crippen molar-refractivity contribution in [2.75, 3.05) is 0 Å². The van der Waals surface area contributed by atoms with Gasteiger partial charge in [-0.05, 0) is 60.3 Å². The number of aliphatic imine (C=N–C) groups is 2. The fraction of sp³-hybridized carbons (Fsp3) is 0. The van der Waals surface area contributed by atoms with E-state index >= 15 is 0 Å². The Balaban J connectivity index is 2.00. The smallest absolute Gasteiger partial charge is 0.0983 e. The molecule has 1 aliphatic heterocycles. The molecule has 0 saturated carbocycles. The van der Waals surface area contributed by atoms with Gasteiger partial charge in [-0.2, -0.15) is 15.1 Å². The van der Waals surface area contributed by atoms with Gasteiger partial charge in [-0.25, -0.2) is 0 Å². The summed E-state index contributed by atoms with van der Waals surface area (Å²) in [5, 5.41) is 9.21. The molecule has 1 heterocycles. The first-order chi connectivity index (χ1) is 12.3. The Kier molecular flexibility index (Phi) is 5.52. The standard InChI is InChI=1S/C19H12N4S2/c24-12-20-16-7-3-14(4-8-16)18-2-1-11-22-23-19(18)15-5-9-17(10-6-15)21-13-25/h1-11,22H. The zero-order valence-electron chi connectivity index (χ0n) is 13.0. The van der Waals surface area contributed by atoms with Crippen molar-refractivity contribution in [2.24, 2.45) is 15.1 Å². The molecule has 0 aromatic heterocycles. The Bertz CT molecular complexity index is 957. The Hall–Kier alpha value is -3.01. The lowest BCUT2D eigenvalue weighted by atomic mass is 9.95. The molecule has 0 radical (unpaired) electrons. The van der Waals surface area contributed by atoms with E-state index in [1.165, 1.54) is 0 Å². The molecule has 0 aliphatic carbocycles. The molecule has 120 valence electrons. The van der Waals surface area contributed by atoms with Crippen LogP contribution in [0.2, 0.25) is 0 Å². The van der Waals surface area contributed by atoms with E-state index in [2.05, 4.69) is 55.3 Å². The van der Waals surface area contributed by atoms with Gasteiger partial charge in [0.2, 0.25) is 0 Å². The number of isothiocyanates is 2. The van der Waals surface area contributed by atoms with Crippen LogP contribution in [0.25, 0.3) is 5.57 Å². The molecule has 1 aliphatic rings. The molecule has 0 saturated heterocycles. The van der Waals surface area contributed by atoms with Gasteiger partial charge < -0.3 is 0 Å². The summed E-state index contributed by atoms with van der Waals surface area (Å²) in [5.74, 6) is 0. The largest absolute Gasteiger partial charge is 0.285 e. The molecule has 0 spiro atoms. The topological polar surface area (TPSA) is 49.1 Å². The van der Waals surface area contributed by atoms with Gasteiger partial charge in [0.15, 0.2) is 0 Å². The number of thiocarbonyl (C=S) groups is 2. The molecular formula is C19H12N4S2. The van der Waals surface area contributed by atoms with Crippen molar-refractivity contribution in [2.45, 2.75) is 0 Å². The monoisotopic (exact) mass is 360 g/mol. The second kappa shape index (κ2) is 8.20. The Morgan fingerprint density at radius 3 is 1.92 bits per heavy atom. The van der Waals surface area contributed by atoms with Crippen molar-refractivity contribution in [1.82, 2.24) is 5.43 Å². The summed E-state index contributed by atoms with van der Waals surface area (Å²) in [6.07, 6.45) is 5.71. The van der Waals surface area contributed by atoms with Crippen molar-refractivity contribution in [3.05, 3.63) is 78.0 Å². The molecule has 0 atom stereocenters. The zero-order chi connectivity index (χ0) is 17.5. The third-order valence-electron chi connectivity index (χ3n) is 3.53. The van der Waals surface area contributed by atoms with Crippen LogP contribution in [0.1, 0.15) is 11.1 Å². The highest BCUT2D eigenvalue weighted by Crippen LogP contribution is 2.25. The molecule has 2 aromatic rings. The van der Waals surface area contributed by atoms with E-state index < -0.39 is 0 Å². The average molecular weight is 360 g/mol. The van der Waals surface area contributed by atoms with Gasteiger partial charge in [-0.1, -0.05) is 30.3 Å². The van der Waals surface area contributed by atoms with E-state index in [1.807, 2.05) is 60.7 Å². The van der Waals surface area contributed by atoms with Gasteiger partial charge in [0.05, 0.1) is 27.4 Å². The number of hydrogen-bond donors (Lipinski definition) is 1. The number of rotatable bonds is 4. The summed E-state index contributed by atoms with van der Waals surface area (Å²) < 4.78 is 0. The Labute approximate surface area is 156 Å². The van der Waals surface area contributed by atoms with Crippen molar-refractivity contribution in [3.63, 3.8) is 0 Å². The lowest BCUT2D eigenvalue weighted by molar-refractivity contribution is 0.973. The predicted molar refractivity (Wildman–Crippen MR) is 109 cm³/mol. The van der Waals surface area contributed by atoms with Crippen LogP contribution in [-0.4, -0.2) is 16.0 Å². The van der Waals surface area contributed by atoms with Crippen molar-refractivity contribution in [3.8, 4) is 0 Å². The second-order valence-electron chi connectivity index (χ2n) is 5.03. The van der Waals surface area contributed by atoms with E-state index in [4.69, 9.17) is 0 Å². The highest BCUT2D eigenvalue weighted by Gasteiger charge is 2.13. The Morgan fingerprint density at radius 1 is 0.800 bits per heavy atom.